The van der Waals surface area contributed by atoms with Crippen LogP contribution in [0.3, 0.4) is 0 Å². The fourth-order valence-corrected chi connectivity index (χ4v) is 4.21. The highest BCUT2D eigenvalue weighted by atomic mass is 127. The Balaban J connectivity index is 0.00000261. The summed E-state index contributed by atoms with van der Waals surface area (Å²) in [5.41, 5.74) is 1.07. The van der Waals surface area contributed by atoms with Gasteiger partial charge in [-0.1, -0.05) is 6.92 Å². The molecular formula is C18H31IN6OS. The molecule has 2 aliphatic rings. The van der Waals surface area contributed by atoms with Gasteiger partial charge in [0.2, 0.25) is 5.91 Å². The summed E-state index contributed by atoms with van der Waals surface area (Å²) in [4.78, 5) is 27.8. The van der Waals surface area contributed by atoms with Crippen molar-refractivity contribution in [3.63, 3.8) is 0 Å². The number of likely N-dealkylation sites (tertiary alicyclic amines) is 1. The summed E-state index contributed by atoms with van der Waals surface area (Å²) in [7, 11) is 1.82. The lowest BCUT2D eigenvalue weighted by Crippen LogP contribution is -2.54. The van der Waals surface area contributed by atoms with Gasteiger partial charge in [-0.25, -0.2) is 4.98 Å². The van der Waals surface area contributed by atoms with Gasteiger partial charge < -0.3 is 15.1 Å². The molecule has 1 aromatic heterocycles. The zero-order valence-corrected chi connectivity index (χ0v) is 19.5. The van der Waals surface area contributed by atoms with E-state index in [1.54, 1.807) is 11.3 Å². The maximum absolute atomic E-state index is 12.3. The number of halogens is 1. The van der Waals surface area contributed by atoms with E-state index < -0.39 is 0 Å². The van der Waals surface area contributed by atoms with Crippen molar-refractivity contribution in [1.82, 2.24) is 25.0 Å². The maximum atomic E-state index is 12.3. The molecule has 9 heteroatoms. The summed E-state index contributed by atoms with van der Waals surface area (Å²) in [6.07, 6.45) is 3.29. The van der Waals surface area contributed by atoms with Gasteiger partial charge in [-0.3, -0.25) is 14.7 Å². The monoisotopic (exact) mass is 506 g/mol. The van der Waals surface area contributed by atoms with Crippen molar-refractivity contribution in [2.24, 2.45) is 4.99 Å². The van der Waals surface area contributed by atoms with Gasteiger partial charge in [0, 0.05) is 51.7 Å². The van der Waals surface area contributed by atoms with E-state index in [0.717, 1.165) is 70.2 Å². The molecule has 1 amide bonds. The molecule has 0 aromatic carbocycles. The number of thiazole rings is 1. The van der Waals surface area contributed by atoms with Crippen LogP contribution in [0.2, 0.25) is 0 Å². The van der Waals surface area contributed by atoms with Crippen LogP contribution in [0.25, 0.3) is 0 Å². The van der Waals surface area contributed by atoms with Gasteiger partial charge in [-0.2, -0.15) is 0 Å². The van der Waals surface area contributed by atoms with E-state index in [2.05, 4.69) is 37.4 Å². The van der Waals surface area contributed by atoms with Crippen LogP contribution in [0.1, 0.15) is 30.5 Å². The summed E-state index contributed by atoms with van der Waals surface area (Å²) in [5, 5.41) is 6.71. The van der Waals surface area contributed by atoms with Gasteiger partial charge in [0.05, 0.1) is 23.8 Å². The molecule has 3 heterocycles. The Hall–Kier alpha value is -0.940. The van der Waals surface area contributed by atoms with Gasteiger partial charge >= 0.3 is 0 Å². The Morgan fingerprint density at radius 3 is 2.48 bits per heavy atom. The van der Waals surface area contributed by atoms with Gasteiger partial charge in [-0.05, 0) is 19.3 Å². The predicted octanol–water partition coefficient (Wildman–Crippen LogP) is 1.64. The average Bonchev–Trinajstić information content (AvgIpc) is 3.35. The summed E-state index contributed by atoms with van der Waals surface area (Å²) < 4.78 is 0. The molecule has 27 heavy (non-hydrogen) atoms. The zero-order valence-electron chi connectivity index (χ0n) is 16.3. The number of nitrogens with zero attached hydrogens (tertiary/aromatic N) is 5. The van der Waals surface area contributed by atoms with Crippen LogP contribution in [0.15, 0.2) is 10.4 Å². The number of carbonyl (C=O) groups is 1. The second kappa shape index (κ2) is 11.2. The summed E-state index contributed by atoms with van der Waals surface area (Å²) in [6, 6.07) is 0. The fourth-order valence-electron chi connectivity index (χ4n) is 3.47. The van der Waals surface area contributed by atoms with Crippen LogP contribution in [0.4, 0.5) is 0 Å². The minimum Gasteiger partial charge on any atom is -0.351 e. The summed E-state index contributed by atoms with van der Waals surface area (Å²) in [6.45, 7) is 8.85. The third-order valence-electron chi connectivity index (χ3n) is 5.03. The lowest BCUT2D eigenvalue weighted by Gasteiger charge is -2.36. The molecule has 1 aromatic rings. The van der Waals surface area contributed by atoms with E-state index in [0.29, 0.717) is 13.1 Å². The number of amides is 1. The number of carbonyl (C=O) groups excluding carboxylic acids is 1. The van der Waals surface area contributed by atoms with Crippen LogP contribution in [-0.4, -0.2) is 84.4 Å². The molecule has 1 N–H and O–H groups in total. The molecule has 0 atom stereocenters. The number of nitrogens with one attached hydrogen (secondary N) is 1. The standard InChI is InChI=1S/C18H30N6OS.HI/c1-3-16-21-15(14-26-16)12-20-18(19-2)24-10-8-22(9-11-24)13-17(25)23-6-4-5-7-23;/h14H,3-13H2,1-2H3,(H,19,20);1H. The smallest absolute Gasteiger partial charge is 0.236 e. The van der Waals surface area contributed by atoms with E-state index in [1.165, 1.54) is 5.01 Å². The van der Waals surface area contributed by atoms with Crippen molar-refractivity contribution in [1.29, 1.82) is 0 Å². The minimum atomic E-state index is 0. The van der Waals surface area contributed by atoms with Gasteiger partial charge in [0.15, 0.2) is 5.96 Å². The molecule has 0 unspecified atom stereocenters. The Morgan fingerprint density at radius 2 is 1.89 bits per heavy atom. The molecule has 0 spiro atoms. The molecule has 2 saturated heterocycles. The molecular weight excluding hydrogens is 475 g/mol. The van der Waals surface area contributed by atoms with E-state index in [9.17, 15) is 4.79 Å². The third kappa shape index (κ3) is 6.28. The van der Waals surface area contributed by atoms with Crippen LogP contribution in [0, 0.1) is 0 Å². The zero-order chi connectivity index (χ0) is 18.4. The third-order valence-corrected chi connectivity index (χ3v) is 6.07. The van der Waals surface area contributed by atoms with E-state index in [1.807, 2.05) is 11.9 Å². The van der Waals surface area contributed by atoms with Crippen molar-refractivity contribution in [2.45, 2.75) is 32.7 Å². The first-order chi connectivity index (χ1) is 12.7. The molecule has 2 aliphatic heterocycles. The first kappa shape index (κ1) is 22.4. The van der Waals surface area contributed by atoms with Crippen LogP contribution in [-0.2, 0) is 17.8 Å². The van der Waals surface area contributed by atoms with Crippen molar-refractivity contribution < 1.29 is 4.79 Å². The van der Waals surface area contributed by atoms with Crippen LogP contribution < -0.4 is 5.32 Å². The normalized spacial score (nSPS) is 18.5. The SMILES string of the molecule is CCc1nc(CNC(=NC)N2CCN(CC(=O)N3CCCC3)CC2)cs1.I. The fraction of sp³-hybridized carbons (Fsp3) is 0.722. The molecule has 3 rings (SSSR count). The maximum Gasteiger partial charge on any atom is 0.236 e. The number of rotatable bonds is 5. The van der Waals surface area contributed by atoms with Gasteiger partial charge in [0.25, 0.3) is 0 Å². The summed E-state index contributed by atoms with van der Waals surface area (Å²) in [5.74, 6) is 1.20. The van der Waals surface area contributed by atoms with E-state index in [4.69, 9.17) is 0 Å². The Morgan fingerprint density at radius 1 is 1.19 bits per heavy atom. The van der Waals surface area contributed by atoms with E-state index >= 15 is 0 Å². The van der Waals surface area contributed by atoms with Crippen molar-refractivity contribution in [3.05, 3.63) is 16.1 Å². The number of aliphatic imine (C=N–C) groups is 1. The van der Waals surface area contributed by atoms with Crippen molar-refractivity contribution >= 4 is 47.2 Å². The molecule has 2 fully saturated rings. The number of guanidine groups is 1. The number of hydrogen-bond acceptors (Lipinski definition) is 5. The Labute approximate surface area is 183 Å². The quantitative estimate of drug-likeness (QED) is 0.374. The lowest BCUT2D eigenvalue weighted by atomic mass is 10.3. The molecule has 152 valence electrons. The van der Waals surface area contributed by atoms with Crippen LogP contribution in [0.5, 0.6) is 0 Å². The van der Waals surface area contributed by atoms with E-state index in [-0.39, 0.29) is 29.9 Å². The second-order valence-electron chi connectivity index (χ2n) is 6.84. The Bertz CT molecular complexity index is 623. The molecule has 7 nitrogen and oxygen atoms in total. The van der Waals surface area contributed by atoms with Crippen molar-refractivity contribution in [2.75, 3.05) is 52.9 Å². The Kier molecular flexibility index (Phi) is 9.24. The molecule has 0 radical (unpaired) electrons. The second-order valence-corrected chi connectivity index (χ2v) is 7.78. The number of aromatic nitrogens is 1. The lowest BCUT2D eigenvalue weighted by molar-refractivity contribution is -0.131. The highest BCUT2D eigenvalue weighted by molar-refractivity contribution is 14.0. The molecule has 0 bridgehead atoms. The first-order valence-corrected chi connectivity index (χ1v) is 10.5. The minimum absolute atomic E-state index is 0. The average molecular weight is 506 g/mol. The van der Waals surface area contributed by atoms with Gasteiger partial charge in [0.1, 0.15) is 0 Å². The largest absolute Gasteiger partial charge is 0.351 e. The molecule has 0 saturated carbocycles. The topological polar surface area (TPSA) is 64.1 Å². The number of aryl methyl sites for hydroxylation is 1. The highest BCUT2D eigenvalue weighted by Gasteiger charge is 2.24. The highest BCUT2D eigenvalue weighted by Crippen LogP contribution is 2.11. The van der Waals surface area contributed by atoms with Gasteiger partial charge in [-0.15, -0.1) is 35.3 Å². The number of hydrogen-bond donors (Lipinski definition) is 1. The number of piperazine rings is 1. The predicted molar refractivity (Wildman–Crippen MR) is 121 cm³/mol. The molecule has 0 aliphatic carbocycles. The first-order valence-electron chi connectivity index (χ1n) is 9.58. The van der Waals surface area contributed by atoms with Crippen LogP contribution >= 0.6 is 35.3 Å². The summed E-state index contributed by atoms with van der Waals surface area (Å²) >= 11 is 1.71. The van der Waals surface area contributed by atoms with Crippen molar-refractivity contribution in [3.8, 4) is 0 Å².